The molecule has 1 atom stereocenters. The number of carbonyl (C=O) groups is 1. The summed E-state index contributed by atoms with van der Waals surface area (Å²) in [5, 5.41) is 3.17. The predicted octanol–water partition coefficient (Wildman–Crippen LogP) is 2.31. The van der Waals surface area contributed by atoms with Gasteiger partial charge in [-0.25, -0.2) is 14.8 Å². The fourth-order valence-corrected chi connectivity index (χ4v) is 2.61. The molecule has 2 aromatic rings. The van der Waals surface area contributed by atoms with E-state index in [1.807, 2.05) is 35.6 Å². The molecule has 0 radical (unpaired) electrons. The number of amides is 2. The van der Waals surface area contributed by atoms with Crippen LogP contribution in [-0.2, 0) is 20.0 Å². The van der Waals surface area contributed by atoms with E-state index in [9.17, 15) is 4.79 Å². The molecule has 0 saturated heterocycles. The van der Waals surface area contributed by atoms with Gasteiger partial charge >= 0.3 is 6.03 Å². The molecule has 2 heterocycles. The van der Waals surface area contributed by atoms with Gasteiger partial charge in [-0.2, -0.15) is 0 Å². The molecular weight excluding hydrogens is 316 g/mol. The van der Waals surface area contributed by atoms with E-state index in [1.54, 1.807) is 23.6 Å². The molecule has 1 N–H and O–H groups in total. The van der Waals surface area contributed by atoms with Crippen LogP contribution in [0.15, 0.2) is 31.1 Å². The van der Waals surface area contributed by atoms with Gasteiger partial charge in [0.05, 0.1) is 12.4 Å². The second-order valence-corrected chi connectivity index (χ2v) is 7.61. The highest BCUT2D eigenvalue weighted by atomic mass is 16.2. The summed E-state index contributed by atoms with van der Waals surface area (Å²) in [6.45, 7) is 7.80. The third kappa shape index (κ3) is 5.62. The van der Waals surface area contributed by atoms with E-state index in [4.69, 9.17) is 0 Å². The van der Waals surface area contributed by atoms with Crippen molar-refractivity contribution < 1.29 is 4.79 Å². The summed E-state index contributed by atoms with van der Waals surface area (Å²) in [7, 11) is 3.83. The lowest BCUT2D eigenvalue weighted by Crippen LogP contribution is -2.50. The standard InChI is InChI=1S/C18H30N6O/c1-18(2,3)15(13-24-12-8-19-14-24)21-17(25)23(5)10-6-7-16-20-9-11-22(16)4/h8-9,11-12,14-15H,6-7,10,13H2,1-5H3,(H,21,25). The summed E-state index contributed by atoms with van der Waals surface area (Å²) in [6.07, 6.45) is 10.9. The smallest absolute Gasteiger partial charge is 0.317 e. The van der Waals surface area contributed by atoms with Crippen LogP contribution in [0.3, 0.4) is 0 Å². The van der Waals surface area contributed by atoms with Gasteiger partial charge in [0.1, 0.15) is 5.82 Å². The number of rotatable bonds is 7. The third-order valence-corrected chi connectivity index (χ3v) is 4.46. The molecule has 0 fully saturated rings. The SMILES string of the molecule is CN(CCCc1nccn1C)C(=O)NC(Cn1ccnc1)C(C)(C)C. The number of hydrogen-bond donors (Lipinski definition) is 1. The topological polar surface area (TPSA) is 68.0 Å². The molecule has 0 aliphatic carbocycles. The van der Waals surface area contributed by atoms with E-state index in [0.29, 0.717) is 13.1 Å². The Morgan fingerprint density at radius 1 is 1.32 bits per heavy atom. The first-order chi connectivity index (χ1) is 11.8. The lowest BCUT2D eigenvalue weighted by molar-refractivity contribution is 0.182. The van der Waals surface area contributed by atoms with E-state index < -0.39 is 0 Å². The summed E-state index contributed by atoms with van der Waals surface area (Å²) in [6, 6.07) is -0.0222. The monoisotopic (exact) mass is 346 g/mol. The molecule has 2 amide bonds. The lowest BCUT2D eigenvalue weighted by atomic mass is 9.86. The van der Waals surface area contributed by atoms with Crippen LogP contribution in [0.25, 0.3) is 0 Å². The van der Waals surface area contributed by atoms with Crippen LogP contribution < -0.4 is 5.32 Å². The fourth-order valence-electron chi connectivity index (χ4n) is 2.61. The summed E-state index contributed by atoms with van der Waals surface area (Å²) in [5.41, 5.74) is -0.0479. The molecule has 25 heavy (non-hydrogen) atoms. The van der Waals surface area contributed by atoms with Crippen LogP contribution in [0.5, 0.6) is 0 Å². The first-order valence-corrected chi connectivity index (χ1v) is 8.71. The van der Waals surface area contributed by atoms with Gasteiger partial charge in [0.15, 0.2) is 0 Å². The predicted molar refractivity (Wildman–Crippen MR) is 98.2 cm³/mol. The van der Waals surface area contributed by atoms with Crippen LogP contribution in [0, 0.1) is 5.41 Å². The van der Waals surface area contributed by atoms with Gasteiger partial charge in [0.2, 0.25) is 0 Å². The van der Waals surface area contributed by atoms with E-state index in [0.717, 1.165) is 18.7 Å². The minimum absolute atomic E-state index is 0.0196. The minimum atomic E-state index is -0.0479. The Morgan fingerprint density at radius 3 is 2.64 bits per heavy atom. The number of carbonyl (C=O) groups excluding carboxylic acids is 1. The zero-order valence-electron chi connectivity index (χ0n) is 15.9. The van der Waals surface area contributed by atoms with Crippen molar-refractivity contribution in [2.75, 3.05) is 13.6 Å². The summed E-state index contributed by atoms with van der Waals surface area (Å²) in [5.74, 6) is 1.04. The number of nitrogens with zero attached hydrogens (tertiary/aromatic N) is 5. The van der Waals surface area contributed by atoms with Gasteiger partial charge in [0, 0.05) is 58.4 Å². The molecule has 0 aliphatic heterocycles. The van der Waals surface area contributed by atoms with Gasteiger partial charge in [-0.05, 0) is 11.8 Å². The molecule has 0 aromatic carbocycles. The van der Waals surface area contributed by atoms with Gasteiger partial charge in [0.25, 0.3) is 0 Å². The largest absolute Gasteiger partial charge is 0.338 e. The molecule has 2 aromatic heterocycles. The van der Waals surface area contributed by atoms with E-state index >= 15 is 0 Å². The molecule has 0 bridgehead atoms. The van der Waals surface area contributed by atoms with Gasteiger partial charge < -0.3 is 19.4 Å². The second kappa shape index (κ2) is 8.18. The number of urea groups is 1. The normalized spacial score (nSPS) is 12.8. The Hall–Kier alpha value is -2.31. The summed E-state index contributed by atoms with van der Waals surface area (Å²) < 4.78 is 4.01. The van der Waals surface area contributed by atoms with Crippen LogP contribution in [0.1, 0.15) is 33.0 Å². The number of hydrogen-bond acceptors (Lipinski definition) is 3. The average molecular weight is 346 g/mol. The first kappa shape index (κ1) is 19.0. The molecular formula is C18H30N6O. The maximum atomic E-state index is 12.6. The summed E-state index contributed by atoms with van der Waals surface area (Å²) in [4.78, 5) is 22.7. The number of nitrogens with one attached hydrogen (secondary N) is 1. The van der Waals surface area contributed by atoms with E-state index in [-0.39, 0.29) is 17.5 Å². The molecule has 0 spiro atoms. The Morgan fingerprint density at radius 2 is 2.08 bits per heavy atom. The van der Waals surface area contributed by atoms with E-state index in [2.05, 4.69) is 36.1 Å². The highest BCUT2D eigenvalue weighted by Gasteiger charge is 2.27. The summed E-state index contributed by atoms with van der Waals surface area (Å²) >= 11 is 0. The Balaban J connectivity index is 1.85. The number of aryl methyl sites for hydroxylation is 2. The van der Waals surface area contributed by atoms with E-state index in [1.165, 1.54) is 0 Å². The molecule has 0 saturated carbocycles. The first-order valence-electron chi connectivity index (χ1n) is 8.71. The molecule has 1 unspecified atom stereocenters. The Labute approximate surface area is 150 Å². The van der Waals surface area contributed by atoms with Crippen LogP contribution in [-0.4, -0.2) is 49.7 Å². The molecule has 7 nitrogen and oxygen atoms in total. The maximum Gasteiger partial charge on any atom is 0.317 e. The minimum Gasteiger partial charge on any atom is -0.338 e. The molecule has 0 aliphatic rings. The number of aromatic nitrogens is 4. The van der Waals surface area contributed by atoms with Crippen LogP contribution in [0.4, 0.5) is 4.79 Å². The quantitative estimate of drug-likeness (QED) is 0.836. The Bertz CT molecular complexity index is 655. The van der Waals surface area contributed by atoms with Gasteiger partial charge in [-0.15, -0.1) is 0 Å². The highest BCUT2D eigenvalue weighted by Crippen LogP contribution is 2.21. The third-order valence-electron chi connectivity index (χ3n) is 4.46. The van der Waals surface area contributed by atoms with Crippen molar-refractivity contribution in [1.82, 2.24) is 29.3 Å². The lowest BCUT2D eigenvalue weighted by Gasteiger charge is -2.33. The van der Waals surface area contributed by atoms with Gasteiger partial charge in [-0.3, -0.25) is 0 Å². The van der Waals surface area contributed by atoms with Crippen molar-refractivity contribution in [1.29, 1.82) is 0 Å². The number of imidazole rings is 2. The van der Waals surface area contributed by atoms with Crippen molar-refractivity contribution >= 4 is 6.03 Å². The highest BCUT2D eigenvalue weighted by molar-refractivity contribution is 5.74. The van der Waals surface area contributed by atoms with Crippen molar-refractivity contribution in [2.45, 2.75) is 46.2 Å². The van der Waals surface area contributed by atoms with Crippen LogP contribution in [0.2, 0.25) is 0 Å². The average Bonchev–Trinajstić information content (AvgIpc) is 3.17. The Kier molecular flexibility index (Phi) is 6.22. The van der Waals surface area contributed by atoms with Crippen molar-refractivity contribution in [3.8, 4) is 0 Å². The fraction of sp³-hybridized carbons (Fsp3) is 0.611. The second-order valence-electron chi connectivity index (χ2n) is 7.61. The maximum absolute atomic E-state index is 12.6. The van der Waals surface area contributed by atoms with Crippen molar-refractivity contribution in [3.05, 3.63) is 36.9 Å². The van der Waals surface area contributed by atoms with Crippen molar-refractivity contribution in [3.63, 3.8) is 0 Å². The van der Waals surface area contributed by atoms with Gasteiger partial charge in [-0.1, -0.05) is 20.8 Å². The molecule has 138 valence electrons. The molecule has 2 rings (SSSR count). The zero-order chi connectivity index (χ0) is 18.4. The van der Waals surface area contributed by atoms with Crippen LogP contribution >= 0.6 is 0 Å². The van der Waals surface area contributed by atoms with Crippen molar-refractivity contribution in [2.24, 2.45) is 12.5 Å². The molecule has 7 heteroatoms. The zero-order valence-corrected chi connectivity index (χ0v) is 15.9.